The second-order valence-corrected chi connectivity index (χ2v) is 10.8. The van der Waals surface area contributed by atoms with E-state index in [0.29, 0.717) is 19.8 Å². The molecule has 0 saturated carbocycles. The molecule has 0 aliphatic rings. The molecule has 0 amide bonds. The summed E-state index contributed by atoms with van der Waals surface area (Å²) in [6, 6.07) is 12.9. The van der Waals surface area contributed by atoms with Gasteiger partial charge in [-0.2, -0.15) is 0 Å². The monoisotopic (exact) mass is 526 g/mol. The van der Waals surface area contributed by atoms with Crippen molar-refractivity contribution < 1.29 is 35.1 Å². The molecule has 3 rings (SSSR count). The summed E-state index contributed by atoms with van der Waals surface area (Å²) >= 11 is 0. The van der Waals surface area contributed by atoms with Crippen molar-refractivity contribution in [3.05, 3.63) is 77.4 Å². The summed E-state index contributed by atoms with van der Waals surface area (Å²) in [6.07, 6.45) is 6.39. The molecule has 1 heterocycles. The maximum Gasteiger partial charge on any atom is 0.673 e. The molecule has 1 aromatic heterocycles. The van der Waals surface area contributed by atoms with Crippen LogP contribution in [0.1, 0.15) is 43.0 Å². The number of aryl methyl sites for hydroxylation is 3. The minimum Gasteiger partial charge on any atom is -0.418 e. The highest BCUT2D eigenvalue weighted by molar-refractivity contribution is 6.75. The lowest BCUT2D eigenvalue weighted by Crippen LogP contribution is -2.56. The van der Waals surface area contributed by atoms with Gasteiger partial charge in [-0.3, -0.25) is 0 Å². The van der Waals surface area contributed by atoms with Crippen molar-refractivity contribution >= 4 is 21.2 Å². The molecule has 0 bridgehead atoms. The molecule has 0 fully saturated rings. The van der Waals surface area contributed by atoms with Crippen molar-refractivity contribution in [3.8, 4) is 5.69 Å². The zero-order valence-electron chi connectivity index (χ0n) is 21.7. The van der Waals surface area contributed by atoms with Crippen LogP contribution in [-0.2, 0) is 19.8 Å². The van der Waals surface area contributed by atoms with Gasteiger partial charge in [-0.05, 0) is 58.2 Å². The standard InChI is InChI=1S/C25H35N2O3Si.BF4/c1-7-28-31(29-8-2,30-9-3)24-12-10-23(11-13-24)18-26-14-15-27(19-26)25-21(5)16-20(4)17-22(25)6;2-1(3,4)5/h10-17,19H,7-9,18H2,1-6H3;/q+1;-1. The second kappa shape index (κ2) is 13.2. The van der Waals surface area contributed by atoms with Crippen molar-refractivity contribution in [2.24, 2.45) is 0 Å². The largest absolute Gasteiger partial charge is 0.673 e. The van der Waals surface area contributed by atoms with Crippen LogP contribution in [-0.4, -0.2) is 40.4 Å². The molecule has 0 unspecified atom stereocenters. The molecule has 0 spiro atoms. The van der Waals surface area contributed by atoms with Gasteiger partial charge in [0, 0.05) is 25.0 Å². The highest BCUT2D eigenvalue weighted by Gasteiger charge is 2.43. The van der Waals surface area contributed by atoms with Crippen LogP contribution in [0.15, 0.2) is 55.1 Å². The van der Waals surface area contributed by atoms with Crippen LogP contribution in [0.4, 0.5) is 17.3 Å². The molecule has 36 heavy (non-hydrogen) atoms. The van der Waals surface area contributed by atoms with Gasteiger partial charge in [0.15, 0.2) is 0 Å². The molecular formula is C25H35BF4N2O3Si. The molecule has 0 radical (unpaired) electrons. The summed E-state index contributed by atoms with van der Waals surface area (Å²) in [5.74, 6) is 0. The van der Waals surface area contributed by atoms with E-state index in [9.17, 15) is 17.3 Å². The van der Waals surface area contributed by atoms with Crippen LogP contribution in [0.3, 0.4) is 0 Å². The Morgan fingerprint density at radius 1 is 0.833 bits per heavy atom. The van der Waals surface area contributed by atoms with Crippen LogP contribution in [0.2, 0.25) is 0 Å². The van der Waals surface area contributed by atoms with E-state index in [1.165, 1.54) is 27.9 Å². The quantitative estimate of drug-likeness (QED) is 0.205. The van der Waals surface area contributed by atoms with Gasteiger partial charge in [-0.1, -0.05) is 42.0 Å². The van der Waals surface area contributed by atoms with Gasteiger partial charge < -0.3 is 30.5 Å². The molecule has 0 aliphatic heterocycles. The fourth-order valence-corrected chi connectivity index (χ4v) is 6.63. The fourth-order valence-electron chi connectivity index (χ4n) is 4.17. The number of halogens is 4. The van der Waals surface area contributed by atoms with Crippen molar-refractivity contribution in [3.63, 3.8) is 0 Å². The first-order valence-electron chi connectivity index (χ1n) is 12.0. The van der Waals surface area contributed by atoms with E-state index < -0.39 is 16.1 Å². The lowest BCUT2D eigenvalue weighted by molar-refractivity contribution is -0.596. The van der Waals surface area contributed by atoms with Gasteiger partial charge in [-0.15, -0.1) is 0 Å². The summed E-state index contributed by atoms with van der Waals surface area (Å²) < 4.78 is 61.5. The molecule has 198 valence electrons. The molecule has 0 aliphatic carbocycles. The van der Waals surface area contributed by atoms with E-state index in [-0.39, 0.29) is 0 Å². The second-order valence-electron chi connectivity index (χ2n) is 8.29. The van der Waals surface area contributed by atoms with E-state index >= 15 is 0 Å². The van der Waals surface area contributed by atoms with Gasteiger partial charge in [0.05, 0.1) is 0 Å². The highest BCUT2D eigenvalue weighted by atomic mass is 28.4. The summed E-state index contributed by atoms with van der Waals surface area (Å²) in [7, 11) is -8.85. The third kappa shape index (κ3) is 8.58. The normalized spacial score (nSPS) is 11.8. The van der Waals surface area contributed by atoms with Crippen molar-refractivity contribution in [2.45, 2.75) is 48.1 Å². The zero-order chi connectivity index (χ0) is 26.9. The number of hydrogen-bond donors (Lipinski definition) is 0. The Morgan fingerprint density at radius 2 is 1.31 bits per heavy atom. The molecule has 11 heteroatoms. The lowest BCUT2D eigenvalue weighted by atomic mass is 10.1. The van der Waals surface area contributed by atoms with Crippen LogP contribution >= 0.6 is 0 Å². The fraction of sp³-hybridized carbons (Fsp3) is 0.400. The summed E-state index contributed by atoms with van der Waals surface area (Å²) in [5, 5.41) is 1.01. The first kappa shape index (κ1) is 29.8. The predicted octanol–water partition coefficient (Wildman–Crippen LogP) is 5.29. The Kier molecular flexibility index (Phi) is 10.9. The third-order valence-corrected chi connectivity index (χ3v) is 8.31. The molecule has 2 aromatic carbocycles. The zero-order valence-corrected chi connectivity index (χ0v) is 22.7. The number of benzene rings is 2. The minimum atomic E-state index is -6.00. The third-order valence-electron chi connectivity index (χ3n) is 5.26. The maximum atomic E-state index is 9.75. The van der Waals surface area contributed by atoms with E-state index in [1.54, 1.807) is 0 Å². The number of hydrogen-bond acceptors (Lipinski definition) is 3. The van der Waals surface area contributed by atoms with Crippen LogP contribution in [0, 0.1) is 20.8 Å². The summed E-state index contributed by atoms with van der Waals surface area (Å²) in [6.45, 7) is 14.9. The molecule has 0 saturated heterocycles. The molecule has 5 nitrogen and oxygen atoms in total. The smallest absolute Gasteiger partial charge is 0.418 e. The maximum absolute atomic E-state index is 9.75. The van der Waals surface area contributed by atoms with E-state index in [4.69, 9.17) is 13.3 Å². The Balaban J connectivity index is 0.000000830. The molecule has 0 atom stereocenters. The van der Waals surface area contributed by atoms with Crippen molar-refractivity contribution in [2.75, 3.05) is 19.8 Å². The van der Waals surface area contributed by atoms with Gasteiger partial charge in [0.1, 0.15) is 24.6 Å². The summed E-state index contributed by atoms with van der Waals surface area (Å²) in [5.41, 5.74) is 6.34. The van der Waals surface area contributed by atoms with Gasteiger partial charge in [0.2, 0.25) is 6.33 Å². The van der Waals surface area contributed by atoms with Crippen LogP contribution < -0.4 is 9.75 Å². The van der Waals surface area contributed by atoms with Gasteiger partial charge >= 0.3 is 16.1 Å². The Hall–Kier alpha value is -2.47. The molecule has 0 N–H and O–H groups in total. The average molecular weight is 526 g/mol. The van der Waals surface area contributed by atoms with Crippen molar-refractivity contribution in [1.29, 1.82) is 0 Å². The van der Waals surface area contributed by atoms with E-state index in [1.807, 2.05) is 20.8 Å². The lowest BCUT2D eigenvalue weighted by Gasteiger charge is -2.28. The number of imidazole rings is 1. The number of nitrogens with zero attached hydrogens (tertiary/aromatic N) is 2. The van der Waals surface area contributed by atoms with E-state index in [0.717, 1.165) is 11.7 Å². The van der Waals surface area contributed by atoms with Gasteiger partial charge in [-0.25, -0.2) is 9.13 Å². The SMILES string of the molecule is CCO[Si](OCC)(OCC)c1ccc(Cn2cc[n+](-c3c(C)cc(C)cc3C)c2)cc1.F[B-](F)(F)F. The van der Waals surface area contributed by atoms with E-state index in [2.05, 4.69) is 85.0 Å². The molecular weight excluding hydrogens is 491 g/mol. The van der Waals surface area contributed by atoms with Crippen LogP contribution in [0.5, 0.6) is 0 Å². The number of rotatable bonds is 10. The Labute approximate surface area is 212 Å². The first-order valence-corrected chi connectivity index (χ1v) is 13.7. The molecule has 3 aromatic rings. The average Bonchev–Trinajstić information content (AvgIpc) is 3.20. The number of aromatic nitrogens is 2. The minimum absolute atomic E-state index is 0.565. The van der Waals surface area contributed by atoms with Crippen LogP contribution in [0.25, 0.3) is 5.69 Å². The van der Waals surface area contributed by atoms with Gasteiger partial charge in [0.25, 0.3) is 0 Å². The Bertz CT molecular complexity index is 1060. The predicted molar refractivity (Wildman–Crippen MR) is 136 cm³/mol. The Morgan fingerprint density at radius 3 is 1.75 bits per heavy atom. The van der Waals surface area contributed by atoms with Crippen molar-refractivity contribution in [1.82, 2.24) is 4.57 Å². The summed E-state index contributed by atoms with van der Waals surface area (Å²) in [4.78, 5) is 0. The highest BCUT2D eigenvalue weighted by Crippen LogP contribution is 2.17. The first-order chi connectivity index (χ1) is 16.9. The topological polar surface area (TPSA) is 36.5 Å².